The molecule has 0 saturated carbocycles. The van der Waals surface area contributed by atoms with E-state index < -0.39 is 6.09 Å². The predicted octanol–water partition coefficient (Wildman–Crippen LogP) is 3.23. The average molecular weight is 328 g/mol. The molecule has 1 aromatic carbocycles. The first kappa shape index (κ1) is 16.1. The van der Waals surface area contributed by atoms with Crippen LogP contribution in [0.5, 0.6) is 0 Å². The van der Waals surface area contributed by atoms with E-state index in [4.69, 9.17) is 9.84 Å². The number of ether oxygens (including phenoxy) is 1. The van der Waals surface area contributed by atoms with E-state index in [2.05, 4.69) is 4.98 Å². The van der Waals surface area contributed by atoms with Gasteiger partial charge in [-0.25, -0.2) is 9.59 Å². The maximum atomic E-state index is 12.4. The number of nitrogens with one attached hydrogen (secondary N) is 1. The largest absolute Gasteiger partial charge is 0.465 e. The maximum Gasteiger partial charge on any atom is 0.407 e. The van der Waals surface area contributed by atoms with Gasteiger partial charge in [0.15, 0.2) is 0 Å². The van der Waals surface area contributed by atoms with Crippen molar-refractivity contribution >= 4 is 12.1 Å². The van der Waals surface area contributed by atoms with Crippen molar-refractivity contribution in [3.05, 3.63) is 59.4 Å². The summed E-state index contributed by atoms with van der Waals surface area (Å²) in [5.74, 6) is -0.203. The van der Waals surface area contributed by atoms with Crippen molar-refractivity contribution in [2.24, 2.45) is 0 Å². The zero-order chi connectivity index (χ0) is 16.9. The Morgan fingerprint density at radius 1 is 1.17 bits per heavy atom. The zero-order valence-electron chi connectivity index (χ0n) is 13.3. The lowest BCUT2D eigenvalue weighted by Gasteiger charge is -2.30. The molecule has 1 saturated heterocycles. The highest BCUT2D eigenvalue weighted by Gasteiger charge is 2.27. The van der Waals surface area contributed by atoms with E-state index in [1.54, 1.807) is 6.20 Å². The number of nitrogens with zero attached hydrogens (tertiary/aromatic N) is 1. The molecule has 0 bridgehead atoms. The number of H-pyrrole nitrogens is 1. The Balaban J connectivity index is 1.62. The molecule has 0 unspecified atom stereocenters. The molecule has 0 spiro atoms. The maximum absolute atomic E-state index is 12.4. The zero-order valence-corrected chi connectivity index (χ0v) is 13.3. The van der Waals surface area contributed by atoms with Crippen LogP contribution in [0, 0.1) is 0 Å². The Morgan fingerprint density at radius 2 is 1.88 bits per heavy atom. The van der Waals surface area contributed by atoms with Crippen molar-refractivity contribution in [2.45, 2.75) is 25.4 Å². The molecular formula is C18H20N2O4. The summed E-state index contributed by atoms with van der Waals surface area (Å²) < 4.78 is 5.39. The summed E-state index contributed by atoms with van der Waals surface area (Å²) in [4.78, 5) is 27.7. The van der Waals surface area contributed by atoms with Crippen molar-refractivity contribution in [3.8, 4) is 0 Å². The van der Waals surface area contributed by atoms with Crippen LogP contribution in [0.4, 0.5) is 4.79 Å². The SMILES string of the molecule is O=C(OCc1ccccc1)c1[nH]ccc1C1CCN(C(=O)O)CC1. The van der Waals surface area contributed by atoms with Gasteiger partial charge in [0.2, 0.25) is 0 Å². The summed E-state index contributed by atoms with van der Waals surface area (Å²) in [5, 5.41) is 9.02. The summed E-state index contributed by atoms with van der Waals surface area (Å²) in [6.45, 7) is 1.21. The van der Waals surface area contributed by atoms with Crippen molar-refractivity contribution in [3.63, 3.8) is 0 Å². The molecule has 6 heteroatoms. The van der Waals surface area contributed by atoms with Crippen LogP contribution >= 0.6 is 0 Å². The topological polar surface area (TPSA) is 82.6 Å². The van der Waals surface area contributed by atoms with E-state index in [0.717, 1.165) is 11.1 Å². The second kappa shape index (κ2) is 7.21. The first-order valence-electron chi connectivity index (χ1n) is 8.01. The number of amides is 1. The van der Waals surface area contributed by atoms with Gasteiger partial charge in [-0.2, -0.15) is 0 Å². The first-order valence-corrected chi connectivity index (χ1v) is 8.01. The molecule has 3 rings (SSSR count). The summed E-state index contributed by atoms with van der Waals surface area (Å²) in [6.07, 6.45) is 2.27. The van der Waals surface area contributed by atoms with Gasteiger partial charge in [0.05, 0.1) is 0 Å². The van der Waals surface area contributed by atoms with Crippen LogP contribution in [0.15, 0.2) is 42.6 Å². The number of carbonyl (C=O) groups excluding carboxylic acids is 1. The van der Waals surface area contributed by atoms with Crippen molar-refractivity contribution in [1.82, 2.24) is 9.88 Å². The van der Waals surface area contributed by atoms with E-state index in [1.165, 1.54) is 4.90 Å². The quantitative estimate of drug-likeness (QED) is 0.844. The number of aromatic nitrogens is 1. The van der Waals surface area contributed by atoms with Gasteiger partial charge in [-0.3, -0.25) is 0 Å². The third-order valence-electron chi connectivity index (χ3n) is 4.40. The fourth-order valence-electron chi connectivity index (χ4n) is 3.08. The number of likely N-dealkylation sites (tertiary alicyclic amines) is 1. The Labute approximate surface area is 140 Å². The van der Waals surface area contributed by atoms with Gasteiger partial charge in [-0.15, -0.1) is 0 Å². The molecule has 6 nitrogen and oxygen atoms in total. The first-order chi connectivity index (χ1) is 11.6. The fourth-order valence-corrected chi connectivity index (χ4v) is 3.08. The third-order valence-corrected chi connectivity index (χ3v) is 4.40. The third kappa shape index (κ3) is 3.59. The number of rotatable bonds is 4. The van der Waals surface area contributed by atoms with Gasteiger partial charge in [0.1, 0.15) is 12.3 Å². The van der Waals surface area contributed by atoms with Crippen molar-refractivity contribution < 1.29 is 19.4 Å². The minimum absolute atomic E-state index is 0.172. The average Bonchev–Trinajstić information content (AvgIpc) is 3.10. The van der Waals surface area contributed by atoms with E-state index in [-0.39, 0.29) is 18.5 Å². The van der Waals surface area contributed by atoms with Crippen LogP contribution in [-0.2, 0) is 11.3 Å². The number of benzene rings is 1. The normalized spacial score (nSPS) is 15.2. The van der Waals surface area contributed by atoms with Crippen LogP contribution in [0.25, 0.3) is 0 Å². The highest BCUT2D eigenvalue weighted by Crippen LogP contribution is 2.30. The molecular weight excluding hydrogens is 308 g/mol. The lowest BCUT2D eigenvalue weighted by atomic mass is 9.89. The number of esters is 1. The van der Waals surface area contributed by atoms with Crippen LogP contribution < -0.4 is 0 Å². The second-order valence-electron chi connectivity index (χ2n) is 5.91. The summed E-state index contributed by atoms with van der Waals surface area (Å²) in [5.41, 5.74) is 2.33. The number of aromatic amines is 1. The molecule has 1 amide bonds. The van der Waals surface area contributed by atoms with Crippen molar-refractivity contribution in [2.75, 3.05) is 13.1 Å². The van der Waals surface area contributed by atoms with Gasteiger partial charge in [0.25, 0.3) is 0 Å². The van der Waals surface area contributed by atoms with Gasteiger partial charge < -0.3 is 19.7 Å². The number of carboxylic acid groups (broad SMARTS) is 1. The van der Waals surface area contributed by atoms with Gasteiger partial charge in [-0.05, 0) is 36.0 Å². The summed E-state index contributed by atoms with van der Waals surface area (Å²) in [7, 11) is 0. The molecule has 0 atom stereocenters. The highest BCUT2D eigenvalue weighted by atomic mass is 16.5. The lowest BCUT2D eigenvalue weighted by molar-refractivity contribution is 0.0463. The minimum Gasteiger partial charge on any atom is -0.465 e. The molecule has 1 aliphatic rings. The lowest BCUT2D eigenvalue weighted by Crippen LogP contribution is -2.37. The predicted molar refractivity (Wildman–Crippen MR) is 87.9 cm³/mol. The minimum atomic E-state index is -0.884. The van der Waals surface area contributed by atoms with E-state index in [0.29, 0.717) is 31.6 Å². The summed E-state index contributed by atoms with van der Waals surface area (Å²) >= 11 is 0. The molecule has 24 heavy (non-hydrogen) atoms. The smallest absolute Gasteiger partial charge is 0.407 e. The standard InChI is InChI=1S/C18H20N2O4/c21-17(24-12-13-4-2-1-3-5-13)16-15(6-9-19-16)14-7-10-20(11-8-14)18(22)23/h1-6,9,14,19H,7-8,10-12H2,(H,22,23). The van der Waals surface area contributed by atoms with E-state index in [1.807, 2.05) is 36.4 Å². The summed E-state index contributed by atoms with van der Waals surface area (Å²) in [6, 6.07) is 11.4. The van der Waals surface area contributed by atoms with Gasteiger partial charge >= 0.3 is 12.1 Å². The Hall–Kier alpha value is -2.76. The monoisotopic (exact) mass is 328 g/mol. The Bertz CT molecular complexity index is 703. The second-order valence-corrected chi connectivity index (χ2v) is 5.91. The molecule has 0 aliphatic carbocycles. The van der Waals surface area contributed by atoms with Crippen LogP contribution in [0.2, 0.25) is 0 Å². The highest BCUT2D eigenvalue weighted by molar-refractivity contribution is 5.89. The molecule has 1 aromatic heterocycles. The fraction of sp³-hybridized carbons (Fsp3) is 0.333. The molecule has 2 N–H and O–H groups in total. The Kier molecular flexibility index (Phi) is 4.84. The van der Waals surface area contributed by atoms with E-state index >= 15 is 0 Å². The van der Waals surface area contributed by atoms with E-state index in [9.17, 15) is 9.59 Å². The molecule has 126 valence electrons. The van der Waals surface area contributed by atoms with Crippen LogP contribution in [0.3, 0.4) is 0 Å². The molecule has 0 radical (unpaired) electrons. The van der Waals surface area contributed by atoms with Crippen molar-refractivity contribution in [1.29, 1.82) is 0 Å². The molecule has 2 aromatic rings. The van der Waals surface area contributed by atoms with Gasteiger partial charge in [0, 0.05) is 19.3 Å². The number of carbonyl (C=O) groups is 2. The molecule has 1 fully saturated rings. The number of hydrogen-bond acceptors (Lipinski definition) is 3. The molecule has 2 heterocycles. The Morgan fingerprint density at radius 3 is 2.54 bits per heavy atom. The van der Waals surface area contributed by atoms with Crippen LogP contribution in [-0.4, -0.2) is 40.1 Å². The number of hydrogen-bond donors (Lipinski definition) is 2. The number of piperidine rings is 1. The molecule has 1 aliphatic heterocycles. The van der Waals surface area contributed by atoms with Crippen LogP contribution in [0.1, 0.15) is 40.4 Å². The van der Waals surface area contributed by atoms with Gasteiger partial charge in [-0.1, -0.05) is 30.3 Å².